The van der Waals surface area contributed by atoms with E-state index < -0.39 is 0 Å². The number of hydrogen-bond acceptors (Lipinski definition) is 3. The van der Waals surface area contributed by atoms with E-state index in [1.54, 1.807) is 4.90 Å². The number of hydrogen-bond donors (Lipinski definition) is 1. The van der Waals surface area contributed by atoms with Crippen LogP contribution in [0.15, 0.2) is 18.2 Å². The first-order valence-electron chi connectivity index (χ1n) is 7.17. The molecule has 0 radical (unpaired) electrons. The molecule has 0 aliphatic heterocycles. The van der Waals surface area contributed by atoms with Crippen LogP contribution in [0.5, 0.6) is 5.75 Å². The summed E-state index contributed by atoms with van der Waals surface area (Å²) >= 11 is 0. The monoisotopic (exact) mass is 279 g/mol. The highest BCUT2D eigenvalue weighted by Crippen LogP contribution is 2.19. The minimum atomic E-state index is 0.00356. The lowest BCUT2D eigenvalue weighted by atomic mass is 10.1. The van der Waals surface area contributed by atoms with Gasteiger partial charge >= 0.3 is 0 Å². The zero-order valence-electron chi connectivity index (χ0n) is 12.7. The third-order valence-electron chi connectivity index (χ3n) is 3.13. The molecular formula is C16H25NO3. The first-order valence-corrected chi connectivity index (χ1v) is 7.17. The Kier molecular flexibility index (Phi) is 7.09. The summed E-state index contributed by atoms with van der Waals surface area (Å²) in [4.78, 5) is 13.7. The smallest absolute Gasteiger partial charge is 0.226 e. The van der Waals surface area contributed by atoms with Crippen molar-refractivity contribution >= 4 is 5.91 Å². The van der Waals surface area contributed by atoms with Crippen LogP contribution in [0.2, 0.25) is 0 Å². The number of aryl methyl sites for hydroxylation is 2. The average Bonchev–Trinajstić information content (AvgIpc) is 2.42. The maximum Gasteiger partial charge on any atom is 0.226 e. The molecule has 20 heavy (non-hydrogen) atoms. The molecule has 0 saturated carbocycles. The van der Waals surface area contributed by atoms with Gasteiger partial charge in [0.2, 0.25) is 5.91 Å². The van der Waals surface area contributed by atoms with Crippen LogP contribution >= 0.6 is 0 Å². The summed E-state index contributed by atoms with van der Waals surface area (Å²) in [6.45, 7) is 7.48. The Morgan fingerprint density at radius 2 is 2.05 bits per heavy atom. The molecule has 0 saturated heterocycles. The van der Waals surface area contributed by atoms with Gasteiger partial charge < -0.3 is 14.7 Å². The van der Waals surface area contributed by atoms with Crippen LogP contribution in [-0.4, -0.2) is 42.2 Å². The van der Waals surface area contributed by atoms with Gasteiger partial charge in [0.05, 0.1) is 19.6 Å². The van der Waals surface area contributed by atoms with E-state index >= 15 is 0 Å². The van der Waals surface area contributed by atoms with Crippen molar-refractivity contribution in [2.45, 2.75) is 33.6 Å². The molecule has 0 aromatic heterocycles. The fourth-order valence-electron chi connectivity index (χ4n) is 2.02. The maximum absolute atomic E-state index is 12.0. The zero-order valence-corrected chi connectivity index (χ0v) is 12.7. The first-order chi connectivity index (χ1) is 9.58. The summed E-state index contributed by atoms with van der Waals surface area (Å²) in [6, 6.07) is 6.04. The van der Waals surface area contributed by atoms with Crippen molar-refractivity contribution in [3.8, 4) is 5.75 Å². The number of rotatable bonds is 8. The van der Waals surface area contributed by atoms with E-state index in [2.05, 4.69) is 0 Å². The highest BCUT2D eigenvalue weighted by Gasteiger charge is 2.12. The summed E-state index contributed by atoms with van der Waals surface area (Å²) in [5.74, 6) is 0.869. The molecule has 1 amide bonds. The van der Waals surface area contributed by atoms with Gasteiger partial charge in [0, 0.05) is 13.1 Å². The molecule has 1 aromatic carbocycles. The van der Waals surface area contributed by atoms with E-state index in [4.69, 9.17) is 9.84 Å². The molecule has 4 heteroatoms. The van der Waals surface area contributed by atoms with Gasteiger partial charge in [-0.15, -0.1) is 0 Å². The Bertz CT molecular complexity index is 426. The lowest BCUT2D eigenvalue weighted by Crippen LogP contribution is -2.35. The summed E-state index contributed by atoms with van der Waals surface area (Å²) < 4.78 is 5.68. The number of carbonyl (C=O) groups is 1. The highest BCUT2D eigenvalue weighted by atomic mass is 16.5. The van der Waals surface area contributed by atoms with E-state index in [0.29, 0.717) is 26.1 Å². The molecule has 0 heterocycles. The van der Waals surface area contributed by atoms with Gasteiger partial charge in [-0.1, -0.05) is 19.1 Å². The van der Waals surface area contributed by atoms with Crippen LogP contribution in [0, 0.1) is 13.8 Å². The second kappa shape index (κ2) is 8.59. The predicted molar refractivity (Wildman–Crippen MR) is 80.0 cm³/mol. The molecular weight excluding hydrogens is 254 g/mol. The molecule has 1 N–H and O–H groups in total. The van der Waals surface area contributed by atoms with Crippen molar-refractivity contribution in [3.05, 3.63) is 29.3 Å². The number of aliphatic hydroxyl groups excluding tert-OH is 1. The highest BCUT2D eigenvalue weighted by molar-refractivity contribution is 5.76. The van der Waals surface area contributed by atoms with Crippen LogP contribution in [0.4, 0.5) is 0 Å². The van der Waals surface area contributed by atoms with Crippen molar-refractivity contribution in [1.82, 2.24) is 4.90 Å². The number of benzene rings is 1. The SMILES string of the molecule is CCCN(CCO)C(=O)CCOc1cc(C)ccc1C. The van der Waals surface area contributed by atoms with Crippen molar-refractivity contribution in [2.75, 3.05) is 26.3 Å². The Balaban J connectivity index is 2.46. The fourth-order valence-corrected chi connectivity index (χ4v) is 2.02. The first kappa shape index (κ1) is 16.5. The van der Waals surface area contributed by atoms with Gasteiger partial charge in [-0.3, -0.25) is 4.79 Å². The molecule has 112 valence electrons. The maximum atomic E-state index is 12.0. The Hall–Kier alpha value is -1.55. The van der Waals surface area contributed by atoms with Crippen LogP contribution in [0.1, 0.15) is 30.9 Å². The summed E-state index contributed by atoms with van der Waals surface area (Å²) in [5.41, 5.74) is 2.22. The van der Waals surface area contributed by atoms with Crippen molar-refractivity contribution < 1.29 is 14.6 Å². The summed E-state index contributed by atoms with van der Waals surface area (Å²) in [6.07, 6.45) is 1.23. The number of nitrogens with zero attached hydrogens (tertiary/aromatic N) is 1. The number of amides is 1. The van der Waals surface area contributed by atoms with Gasteiger partial charge in [0.1, 0.15) is 5.75 Å². The Morgan fingerprint density at radius 3 is 2.70 bits per heavy atom. The minimum absolute atomic E-state index is 0.00356. The van der Waals surface area contributed by atoms with Crippen LogP contribution < -0.4 is 4.74 Å². The zero-order chi connectivity index (χ0) is 15.0. The lowest BCUT2D eigenvalue weighted by Gasteiger charge is -2.21. The van der Waals surface area contributed by atoms with Gasteiger partial charge in [0.25, 0.3) is 0 Å². The standard InChI is InChI=1S/C16H25NO3/c1-4-8-17(9-10-18)16(19)7-11-20-15-12-13(2)5-6-14(15)3/h5-6,12,18H,4,7-11H2,1-3H3. The van der Waals surface area contributed by atoms with E-state index in [1.807, 2.05) is 39.0 Å². The third-order valence-corrected chi connectivity index (χ3v) is 3.13. The summed E-state index contributed by atoms with van der Waals surface area (Å²) in [7, 11) is 0. The van der Waals surface area contributed by atoms with E-state index in [0.717, 1.165) is 23.3 Å². The largest absolute Gasteiger partial charge is 0.493 e. The van der Waals surface area contributed by atoms with Gasteiger partial charge in [-0.05, 0) is 37.5 Å². The van der Waals surface area contributed by atoms with Crippen molar-refractivity contribution in [3.63, 3.8) is 0 Å². The molecule has 0 bridgehead atoms. The molecule has 0 spiro atoms. The van der Waals surface area contributed by atoms with Crippen LogP contribution in [-0.2, 0) is 4.79 Å². The second-order valence-corrected chi connectivity index (χ2v) is 4.97. The number of ether oxygens (including phenoxy) is 1. The molecule has 0 aliphatic rings. The van der Waals surface area contributed by atoms with Gasteiger partial charge in [0.15, 0.2) is 0 Å². The normalized spacial score (nSPS) is 10.4. The molecule has 1 aromatic rings. The fraction of sp³-hybridized carbons (Fsp3) is 0.562. The van der Waals surface area contributed by atoms with Crippen LogP contribution in [0.3, 0.4) is 0 Å². The topological polar surface area (TPSA) is 49.8 Å². The Morgan fingerprint density at radius 1 is 1.30 bits per heavy atom. The molecule has 4 nitrogen and oxygen atoms in total. The second-order valence-electron chi connectivity index (χ2n) is 4.97. The van der Waals surface area contributed by atoms with E-state index in [9.17, 15) is 4.79 Å². The molecule has 0 aliphatic carbocycles. The Labute approximate surface area is 121 Å². The van der Waals surface area contributed by atoms with Gasteiger partial charge in [-0.25, -0.2) is 0 Å². The minimum Gasteiger partial charge on any atom is -0.493 e. The van der Waals surface area contributed by atoms with E-state index in [-0.39, 0.29) is 12.5 Å². The molecule has 0 fully saturated rings. The molecule has 0 unspecified atom stereocenters. The van der Waals surface area contributed by atoms with Crippen molar-refractivity contribution in [1.29, 1.82) is 0 Å². The quantitative estimate of drug-likeness (QED) is 0.794. The van der Waals surface area contributed by atoms with Crippen molar-refractivity contribution in [2.24, 2.45) is 0 Å². The lowest BCUT2D eigenvalue weighted by molar-refractivity contribution is -0.132. The number of aliphatic hydroxyl groups is 1. The molecule has 1 rings (SSSR count). The van der Waals surface area contributed by atoms with Crippen LogP contribution in [0.25, 0.3) is 0 Å². The molecule has 0 atom stereocenters. The van der Waals surface area contributed by atoms with E-state index in [1.165, 1.54) is 0 Å². The average molecular weight is 279 g/mol. The third kappa shape index (κ3) is 5.21. The predicted octanol–water partition coefficient (Wildman–Crippen LogP) is 2.30. The number of carbonyl (C=O) groups excluding carboxylic acids is 1. The summed E-state index contributed by atoms with van der Waals surface area (Å²) in [5, 5.41) is 8.96. The van der Waals surface area contributed by atoms with Gasteiger partial charge in [-0.2, -0.15) is 0 Å².